The minimum absolute atomic E-state index is 0.189. The summed E-state index contributed by atoms with van der Waals surface area (Å²) in [7, 11) is 0. The van der Waals surface area contributed by atoms with Gasteiger partial charge in [0, 0.05) is 30.7 Å². The minimum Gasteiger partial charge on any atom is -0.388 e. The summed E-state index contributed by atoms with van der Waals surface area (Å²) in [6.07, 6.45) is 4.41. The van der Waals surface area contributed by atoms with Gasteiger partial charge in [0.15, 0.2) is 0 Å². The molecule has 7 nitrogen and oxygen atoms in total. The van der Waals surface area contributed by atoms with E-state index in [0.29, 0.717) is 38.2 Å². The Kier molecular flexibility index (Phi) is 5.72. The highest BCUT2D eigenvalue weighted by Crippen LogP contribution is 2.26. The second-order valence-electron chi connectivity index (χ2n) is 9.09. The van der Waals surface area contributed by atoms with Crippen molar-refractivity contribution in [2.75, 3.05) is 32.7 Å². The van der Waals surface area contributed by atoms with Crippen molar-refractivity contribution in [2.24, 2.45) is 0 Å². The molecule has 0 aromatic carbocycles. The Morgan fingerprint density at radius 2 is 1.89 bits per heavy atom. The summed E-state index contributed by atoms with van der Waals surface area (Å²) < 4.78 is 0. The maximum atomic E-state index is 13.0. The number of aliphatic hydroxyl groups is 1. The second kappa shape index (κ2) is 7.72. The Hall–Kier alpha value is -1.73. The fourth-order valence-electron chi connectivity index (χ4n) is 4.03. The molecule has 0 radical (unpaired) electrons. The number of β-amino-alcohol motifs (C(OH)–C–C–N with tert-alkyl or cyclic N) is 1. The first kappa shape index (κ1) is 20.0. The Bertz CT molecular complexity index is 733. The Morgan fingerprint density at radius 1 is 1.19 bits per heavy atom. The third-order valence-corrected chi connectivity index (χ3v) is 5.69. The fourth-order valence-corrected chi connectivity index (χ4v) is 4.03. The van der Waals surface area contributed by atoms with E-state index in [-0.39, 0.29) is 17.0 Å². The zero-order valence-electron chi connectivity index (χ0n) is 16.8. The van der Waals surface area contributed by atoms with Gasteiger partial charge in [0.2, 0.25) is 0 Å². The number of aromatic nitrogens is 2. The number of amides is 1. The van der Waals surface area contributed by atoms with E-state index in [4.69, 9.17) is 0 Å². The molecule has 2 saturated heterocycles. The number of aromatic amines is 1. The van der Waals surface area contributed by atoms with Crippen molar-refractivity contribution in [1.29, 1.82) is 0 Å². The number of H-pyrrole nitrogens is 1. The lowest BCUT2D eigenvalue weighted by molar-refractivity contribution is -0.00292. The first-order chi connectivity index (χ1) is 12.7. The van der Waals surface area contributed by atoms with Crippen LogP contribution in [0.15, 0.2) is 10.9 Å². The van der Waals surface area contributed by atoms with Gasteiger partial charge in [-0.3, -0.25) is 4.79 Å². The van der Waals surface area contributed by atoms with E-state index in [1.807, 2.05) is 20.8 Å². The lowest BCUT2D eigenvalue weighted by atomic mass is 9.91. The highest BCUT2D eigenvalue weighted by atomic mass is 16.3. The van der Waals surface area contributed by atoms with Crippen molar-refractivity contribution in [2.45, 2.75) is 63.9 Å². The fraction of sp³-hybridized carbons (Fsp3) is 0.750. The zero-order valence-corrected chi connectivity index (χ0v) is 16.8. The highest BCUT2D eigenvalue weighted by Gasteiger charge is 2.34. The molecule has 1 atom stereocenters. The summed E-state index contributed by atoms with van der Waals surface area (Å²) in [6.45, 7) is 9.81. The lowest BCUT2D eigenvalue weighted by Gasteiger charge is -2.31. The summed E-state index contributed by atoms with van der Waals surface area (Å²) in [5, 5.41) is 11.0. The van der Waals surface area contributed by atoms with Gasteiger partial charge in [0.1, 0.15) is 5.69 Å². The summed E-state index contributed by atoms with van der Waals surface area (Å²) in [6, 6.07) is 1.69. The van der Waals surface area contributed by atoms with Gasteiger partial charge in [-0.25, -0.2) is 4.79 Å². The molecule has 0 bridgehead atoms. The number of nitrogens with zero attached hydrogens (tertiary/aromatic N) is 3. The molecular weight excluding hydrogens is 344 g/mol. The topological polar surface area (TPSA) is 89.5 Å². The number of likely N-dealkylation sites (tertiary alicyclic amines) is 2. The molecule has 0 unspecified atom stereocenters. The number of carbonyl (C=O) groups is 1. The third-order valence-electron chi connectivity index (χ3n) is 5.69. The molecule has 1 aromatic heterocycles. The van der Waals surface area contributed by atoms with Crippen molar-refractivity contribution >= 4 is 5.91 Å². The average Bonchev–Trinajstić information content (AvgIpc) is 3.00. The number of rotatable bonds is 3. The van der Waals surface area contributed by atoms with Gasteiger partial charge in [0.25, 0.3) is 5.91 Å². The molecule has 0 spiro atoms. The van der Waals surface area contributed by atoms with Crippen LogP contribution in [0.5, 0.6) is 0 Å². The van der Waals surface area contributed by atoms with Gasteiger partial charge >= 0.3 is 5.69 Å². The summed E-state index contributed by atoms with van der Waals surface area (Å²) in [4.78, 5) is 35.6. The Labute approximate surface area is 160 Å². The normalized spacial score (nSPS) is 24.8. The highest BCUT2D eigenvalue weighted by molar-refractivity contribution is 5.92. The maximum Gasteiger partial charge on any atom is 0.345 e. The van der Waals surface area contributed by atoms with Gasteiger partial charge in [-0.05, 0) is 51.3 Å². The van der Waals surface area contributed by atoms with Crippen LogP contribution < -0.4 is 5.69 Å². The Morgan fingerprint density at radius 3 is 2.56 bits per heavy atom. The van der Waals surface area contributed by atoms with E-state index < -0.39 is 11.3 Å². The first-order valence-electron chi connectivity index (χ1n) is 10.0. The van der Waals surface area contributed by atoms with Crippen LogP contribution in [-0.2, 0) is 5.41 Å². The van der Waals surface area contributed by atoms with E-state index in [2.05, 4.69) is 14.9 Å². The quantitative estimate of drug-likeness (QED) is 0.835. The van der Waals surface area contributed by atoms with E-state index in [0.717, 1.165) is 19.5 Å². The van der Waals surface area contributed by atoms with Crippen LogP contribution in [0.2, 0.25) is 0 Å². The Balaban J connectivity index is 1.71. The van der Waals surface area contributed by atoms with E-state index in [1.165, 1.54) is 12.8 Å². The standard InChI is InChI=1S/C20H32N4O3/c1-19(2,3)16-13-15(21-18(26)22-16)17(25)24-11-6-7-20(27,8-12-24)14-23-9-4-5-10-23/h13,27H,4-12,14H2,1-3H3,(H,21,22,26)/t20-/m1/s1. The zero-order chi connectivity index (χ0) is 19.7. The smallest absolute Gasteiger partial charge is 0.345 e. The largest absolute Gasteiger partial charge is 0.388 e. The van der Waals surface area contributed by atoms with Crippen molar-refractivity contribution in [3.05, 3.63) is 27.9 Å². The van der Waals surface area contributed by atoms with Gasteiger partial charge < -0.3 is 19.9 Å². The van der Waals surface area contributed by atoms with Crippen LogP contribution in [0.3, 0.4) is 0 Å². The molecule has 0 saturated carbocycles. The van der Waals surface area contributed by atoms with Crippen LogP contribution in [0.1, 0.15) is 69.1 Å². The van der Waals surface area contributed by atoms with Gasteiger partial charge in [-0.2, -0.15) is 4.98 Å². The molecule has 2 aliphatic rings. The average molecular weight is 377 g/mol. The first-order valence-corrected chi connectivity index (χ1v) is 10.0. The monoisotopic (exact) mass is 376 g/mol. The van der Waals surface area contributed by atoms with E-state index >= 15 is 0 Å². The molecule has 3 heterocycles. The molecule has 150 valence electrons. The predicted octanol–water partition coefficient (Wildman–Crippen LogP) is 1.52. The number of hydrogen-bond acceptors (Lipinski definition) is 5. The molecular formula is C20H32N4O3. The molecule has 2 aliphatic heterocycles. The molecule has 3 rings (SSSR count). The van der Waals surface area contributed by atoms with Crippen LogP contribution in [0.4, 0.5) is 0 Å². The van der Waals surface area contributed by atoms with Crippen molar-refractivity contribution in [3.8, 4) is 0 Å². The van der Waals surface area contributed by atoms with Crippen molar-refractivity contribution < 1.29 is 9.90 Å². The summed E-state index contributed by atoms with van der Waals surface area (Å²) in [5.74, 6) is -0.225. The van der Waals surface area contributed by atoms with Crippen LogP contribution in [-0.4, -0.2) is 69.1 Å². The molecule has 7 heteroatoms. The van der Waals surface area contributed by atoms with Gasteiger partial charge in [-0.1, -0.05) is 20.8 Å². The van der Waals surface area contributed by atoms with E-state index in [1.54, 1.807) is 11.0 Å². The maximum absolute atomic E-state index is 13.0. The molecule has 27 heavy (non-hydrogen) atoms. The lowest BCUT2D eigenvalue weighted by Crippen LogP contribution is -2.43. The molecule has 2 N–H and O–H groups in total. The predicted molar refractivity (Wildman–Crippen MR) is 104 cm³/mol. The van der Waals surface area contributed by atoms with Crippen molar-refractivity contribution in [1.82, 2.24) is 19.8 Å². The molecule has 1 aromatic rings. The van der Waals surface area contributed by atoms with E-state index in [9.17, 15) is 14.7 Å². The number of hydrogen-bond donors (Lipinski definition) is 2. The van der Waals surface area contributed by atoms with Crippen molar-refractivity contribution in [3.63, 3.8) is 0 Å². The van der Waals surface area contributed by atoms with Gasteiger partial charge in [0.05, 0.1) is 5.60 Å². The summed E-state index contributed by atoms with van der Waals surface area (Å²) >= 11 is 0. The third kappa shape index (κ3) is 4.96. The summed E-state index contributed by atoms with van der Waals surface area (Å²) in [5.41, 5.74) is -0.616. The second-order valence-corrected chi connectivity index (χ2v) is 9.09. The minimum atomic E-state index is -0.739. The van der Waals surface area contributed by atoms with Crippen LogP contribution >= 0.6 is 0 Å². The molecule has 2 fully saturated rings. The molecule has 0 aliphatic carbocycles. The van der Waals surface area contributed by atoms with Crippen LogP contribution in [0, 0.1) is 0 Å². The number of carbonyl (C=O) groups excluding carboxylic acids is 1. The molecule has 1 amide bonds. The van der Waals surface area contributed by atoms with Crippen LogP contribution in [0.25, 0.3) is 0 Å². The SMILES string of the molecule is CC(C)(C)c1cc(C(=O)N2CCC[C@](O)(CN3CCCC3)CC2)nc(=O)[nH]1. The number of nitrogens with one attached hydrogen (secondary N) is 1. The van der Waals surface area contributed by atoms with Gasteiger partial charge in [-0.15, -0.1) is 0 Å².